The Balaban J connectivity index is 1.45. The lowest BCUT2D eigenvalue weighted by atomic mass is 10.0. The van der Waals surface area contributed by atoms with E-state index in [1.54, 1.807) is 10.9 Å². The van der Waals surface area contributed by atoms with Crippen molar-refractivity contribution in [2.45, 2.75) is 26.7 Å². The van der Waals surface area contributed by atoms with Gasteiger partial charge in [0.2, 0.25) is 0 Å². The van der Waals surface area contributed by atoms with Crippen molar-refractivity contribution in [3.8, 4) is 11.4 Å². The molecule has 0 unspecified atom stereocenters. The molecule has 1 heterocycles. The van der Waals surface area contributed by atoms with E-state index in [0.717, 1.165) is 16.8 Å². The minimum atomic E-state index is -0.494. The van der Waals surface area contributed by atoms with E-state index in [0.29, 0.717) is 22.9 Å². The van der Waals surface area contributed by atoms with Crippen LogP contribution >= 0.6 is 0 Å². The first-order valence-corrected chi connectivity index (χ1v) is 10.5. The van der Waals surface area contributed by atoms with Gasteiger partial charge in [-0.05, 0) is 60.4 Å². The van der Waals surface area contributed by atoms with Gasteiger partial charge in [0.15, 0.2) is 6.61 Å². The van der Waals surface area contributed by atoms with Crippen molar-refractivity contribution < 1.29 is 14.5 Å². The van der Waals surface area contributed by atoms with E-state index >= 15 is 0 Å². The largest absolute Gasteiger partial charge is 0.484 e. The topological polar surface area (TPSA) is 112 Å². The summed E-state index contributed by atoms with van der Waals surface area (Å²) < 4.78 is 5.42. The molecule has 3 aromatic carbocycles. The normalized spacial score (nSPS) is 11.0. The van der Waals surface area contributed by atoms with Gasteiger partial charge in [0.1, 0.15) is 16.8 Å². The van der Waals surface area contributed by atoms with Crippen molar-refractivity contribution in [3.05, 3.63) is 81.9 Å². The van der Waals surface area contributed by atoms with Crippen LogP contribution in [0.3, 0.4) is 0 Å². The number of aromatic nitrogens is 3. The van der Waals surface area contributed by atoms with Crippen molar-refractivity contribution in [3.63, 3.8) is 0 Å². The first-order chi connectivity index (χ1) is 15.8. The number of ether oxygens (including phenoxy) is 1. The maximum Gasteiger partial charge on any atom is 0.269 e. The molecule has 0 aliphatic rings. The van der Waals surface area contributed by atoms with Gasteiger partial charge in [0, 0.05) is 17.8 Å². The molecule has 1 amide bonds. The predicted octanol–water partition coefficient (Wildman–Crippen LogP) is 4.78. The summed E-state index contributed by atoms with van der Waals surface area (Å²) in [4.78, 5) is 24.2. The van der Waals surface area contributed by atoms with Gasteiger partial charge in [-0.25, -0.2) is 0 Å². The van der Waals surface area contributed by atoms with E-state index in [9.17, 15) is 14.9 Å². The molecule has 4 aromatic rings. The van der Waals surface area contributed by atoms with Gasteiger partial charge < -0.3 is 10.1 Å². The van der Waals surface area contributed by atoms with E-state index in [1.165, 1.54) is 29.8 Å². The van der Waals surface area contributed by atoms with Crippen molar-refractivity contribution in [1.82, 2.24) is 15.0 Å². The zero-order valence-electron chi connectivity index (χ0n) is 18.5. The Hall–Kier alpha value is -4.27. The average molecular weight is 445 g/mol. The highest BCUT2D eigenvalue weighted by Crippen LogP contribution is 2.23. The van der Waals surface area contributed by atoms with E-state index in [2.05, 4.69) is 41.5 Å². The highest BCUT2D eigenvalue weighted by atomic mass is 16.6. The molecule has 0 radical (unpaired) electrons. The zero-order chi connectivity index (χ0) is 23.5. The fraction of sp³-hybridized carbons (Fsp3) is 0.208. The molecule has 168 valence electrons. The number of nitrogens with one attached hydrogen (secondary N) is 1. The van der Waals surface area contributed by atoms with Crippen LogP contribution in [0.25, 0.3) is 16.7 Å². The van der Waals surface area contributed by atoms with Gasteiger partial charge in [-0.15, -0.1) is 10.2 Å². The van der Waals surface area contributed by atoms with E-state index in [1.807, 2.05) is 25.1 Å². The van der Waals surface area contributed by atoms with Gasteiger partial charge in [-0.2, -0.15) is 4.80 Å². The Kier molecular flexibility index (Phi) is 6.03. The summed E-state index contributed by atoms with van der Waals surface area (Å²) >= 11 is 0. The summed E-state index contributed by atoms with van der Waals surface area (Å²) in [5.41, 5.74) is 4.89. The number of fused-ring (bicyclic) bond motifs is 1. The quantitative estimate of drug-likeness (QED) is 0.324. The number of hydrogen-bond donors (Lipinski definition) is 1. The number of rotatable bonds is 7. The maximum absolute atomic E-state index is 12.4. The fourth-order valence-electron chi connectivity index (χ4n) is 3.31. The highest BCUT2D eigenvalue weighted by molar-refractivity contribution is 5.95. The Morgan fingerprint density at radius 2 is 1.70 bits per heavy atom. The molecular weight excluding hydrogens is 422 g/mol. The number of nitro groups is 1. The van der Waals surface area contributed by atoms with Crippen LogP contribution in [0.2, 0.25) is 0 Å². The second kappa shape index (κ2) is 9.07. The summed E-state index contributed by atoms with van der Waals surface area (Å²) in [7, 11) is 0. The molecule has 0 aliphatic heterocycles. The molecule has 0 saturated carbocycles. The molecular formula is C24H23N5O4. The van der Waals surface area contributed by atoms with E-state index in [4.69, 9.17) is 4.74 Å². The molecule has 0 aliphatic carbocycles. The number of carbonyl (C=O) groups is 1. The lowest BCUT2D eigenvalue weighted by Crippen LogP contribution is -2.20. The third kappa shape index (κ3) is 4.98. The third-order valence-corrected chi connectivity index (χ3v) is 5.21. The monoisotopic (exact) mass is 445 g/mol. The van der Waals surface area contributed by atoms with Crippen LogP contribution in [-0.4, -0.2) is 32.4 Å². The lowest BCUT2D eigenvalue weighted by molar-refractivity contribution is -0.384. The number of nitro benzene ring substituents is 1. The third-order valence-electron chi connectivity index (χ3n) is 5.21. The second-order valence-corrected chi connectivity index (χ2v) is 7.98. The second-order valence-electron chi connectivity index (χ2n) is 7.98. The molecule has 0 spiro atoms. The van der Waals surface area contributed by atoms with Gasteiger partial charge in [0.05, 0.1) is 10.6 Å². The number of hydrogen-bond acceptors (Lipinski definition) is 6. The Bertz CT molecular complexity index is 1310. The Morgan fingerprint density at radius 3 is 2.30 bits per heavy atom. The molecule has 0 atom stereocenters. The summed E-state index contributed by atoms with van der Waals surface area (Å²) in [6.07, 6.45) is 0. The minimum Gasteiger partial charge on any atom is -0.484 e. The van der Waals surface area contributed by atoms with Crippen LogP contribution in [0.1, 0.15) is 30.9 Å². The molecule has 33 heavy (non-hydrogen) atoms. The number of amides is 1. The van der Waals surface area contributed by atoms with Crippen LogP contribution in [0, 0.1) is 17.0 Å². The van der Waals surface area contributed by atoms with Crippen LogP contribution in [0.4, 0.5) is 11.4 Å². The molecule has 0 bridgehead atoms. The van der Waals surface area contributed by atoms with Crippen LogP contribution in [0.15, 0.2) is 60.7 Å². The molecule has 9 heteroatoms. The lowest BCUT2D eigenvalue weighted by Gasteiger charge is -2.09. The SMILES string of the molecule is Cc1cc2nn(-c3ccc(C(C)C)cc3)nc2cc1NC(=O)COc1ccc([N+](=O)[O-])cc1. The van der Waals surface area contributed by atoms with Gasteiger partial charge in [-0.1, -0.05) is 26.0 Å². The number of benzene rings is 3. The number of nitrogens with zero attached hydrogens (tertiary/aromatic N) is 4. The molecule has 4 rings (SSSR count). The van der Waals surface area contributed by atoms with E-state index < -0.39 is 4.92 Å². The standard InChI is InChI=1S/C24H23N5O4/c1-15(2)17-4-6-18(7-5-17)28-26-22-12-16(3)21(13-23(22)27-28)25-24(30)14-33-20-10-8-19(9-11-20)29(31)32/h4-13,15H,14H2,1-3H3,(H,25,30). The summed E-state index contributed by atoms with van der Waals surface area (Å²) in [6, 6.07) is 17.3. The minimum absolute atomic E-state index is 0.0420. The van der Waals surface area contributed by atoms with Crippen molar-refractivity contribution in [2.24, 2.45) is 0 Å². The summed E-state index contributed by atoms with van der Waals surface area (Å²) in [5.74, 6) is 0.462. The maximum atomic E-state index is 12.4. The number of non-ortho nitro benzene ring substituents is 1. The van der Waals surface area contributed by atoms with Gasteiger partial charge >= 0.3 is 0 Å². The number of carbonyl (C=O) groups excluding carboxylic acids is 1. The van der Waals surface area contributed by atoms with Crippen molar-refractivity contribution in [2.75, 3.05) is 11.9 Å². The first kappa shape index (κ1) is 21.9. The summed E-state index contributed by atoms with van der Waals surface area (Å²) in [5, 5.41) is 22.6. The van der Waals surface area contributed by atoms with Crippen LogP contribution < -0.4 is 10.1 Å². The number of aryl methyl sites for hydroxylation is 1. The Labute approximate surface area is 190 Å². The smallest absolute Gasteiger partial charge is 0.269 e. The highest BCUT2D eigenvalue weighted by Gasteiger charge is 2.12. The molecule has 1 aromatic heterocycles. The van der Waals surface area contributed by atoms with Crippen molar-refractivity contribution >= 4 is 28.3 Å². The number of anilines is 1. The Morgan fingerprint density at radius 1 is 1.06 bits per heavy atom. The fourth-order valence-corrected chi connectivity index (χ4v) is 3.31. The molecule has 0 saturated heterocycles. The molecule has 1 N–H and O–H groups in total. The first-order valence-electron chi connectivity index (χ1n) is 10.5. The van der Waals surface area contributed by atoms with Crippen molar-refractivity contribution in [1.29, 1.82) is 0 Å². The molecule has 0 fully saturated rings. The predicted molar refractivity (Wildman–Crippen MR) is 125 cm³/mol. The van der Waals surface area contributed by atoms with Gasteiger partial charge in [0.25, 0.3) is 11.6 Å². The average Bonchev–Trinajstić information content (AvgIpc) is 3.21. The van der Waals surface area contributed by atoms with Crippen LogP contribution in [-0.2, 0) is 4.79 Å². The van der Waals surface area contributed by atoms with E-state index in [-0.39, 0.29) is 18.2 Å². The zero-order valence-corrected chi connectivity index (χ0v) is 18.5. The molecule has 9 nitrogen and oxygen atoms in total. The van der Waals surface area contributed by atoms with Gasteiger partial charge in [-0.3, -0.25) is 14.9 Å². The van der Waals surface area contributed by atoms with Crippen LogP contribution in [0.5, 0.6) is 5.75 Å². The summed E-state index contributed by atoms with van der Waals surface area (Å²) in [6.45, 7) is 5.93.